The SMILES string of the molecule is COCCN1C[C@@H](NC(=O)Nc2c(C)c(-c3cnc(N4CCN(C)CC4)nc3)nn2-c2ccccc2)[C@H](c2ccc(F)c(F)c2)O1. The van der Waals surface area contributed by atoms with Crippen molar-refractivity contribution in [1.82, 2.24) is 35.0 Å². The number of ether oxygens (including phenoxy) is 1. The average molecular weight is 634 g/mol. The van der Waals surface area contributed by atoms with Crippen LogP contribution in [0.25, 0.3) is 16.9 Å². The van der Waals surface area contributed by atoms with Crippen LogP contribution in [0.2, 0.25) is 0 Å². The summed E-state index contributed by atoms with van der Waals surface area (Å²) in [5, 5.41) is 12.5. The standard InChI is InChI=1S/C32H37F2N9O3/c1-21-28(23-18-35-31(36-19-23)41-13-11-40(2)12-14-41)39-43(24-7-5-4-6-8-24)30(21)38-32(44)37-27-20-42(15-16-45-3)46-29(27)22-9-10-25(33)26(34)17-22/h4-10,17-19,27,29H,11-16,20H2,1-3H3,(H2,37,38,44)/t27-,29+/m1/s1. The summed E-state index contributed by atoms with van der Waals surface area (Å²) in [5.74, 6) is -0.819. The molecule has 2 aromatic carbocycles. The molecule has 4 aromatic rings. The van der Waals surface area contributed by atoms with Gasteiger partial charge >= 0.3 is 6.03 Å². The van der Waals surface area contributed by atoms with Gasteiger partial charge in [0.2, 0.25) is 5.95 Å². The van der Waals surface area contributed by atoms with E-state index in [-0.39, 0.29) is 0 Å². The predicted octanol–water partition coefficient (Wildman–Crippen LogP) is 3.79. The minimum absolute atomic E-state index is 0.305. The summed E-state index contributed by atoms with van der Waals surface area (Å²) in [5.41, 5.74) is 3.20. The van der Waals surface area contributed by atoms with Gasteiger partial charge in [0.25, 0.3) is 0 Å². The minimum Gasteiger partial charge on any atom is -0.383 e. The predicted molar refractivity (Wildman–Crippen MR) is 169 cm³/mol. The molecule has 4 heterocycles. The molecule has 0 unspecified atom stereocenters. The summed E-state index contributed by atoms with van der Waals surface area (Å²) in [4.78, 5) is 33.3. The van der Waals surface area contributed by atoms with Crippen LogP contribution < -0.4 is 15.5 Å². The van der Waals surface area contributed by atoms with E-state index in [1.165, 1.54) is 6.07 Å². The summed E-state index contributed by atoms with van der Waals surface area (Å²) >= 11 is 0. The second kappa shape index (κ2) is 13.9. The van der Waals surface area contributed by atoms with Gasteiger partial charge in [0.05, 0.1) is 18.3 Å². The van der Waals surface area contributed by atoms with Crippen LogP contribution in [-0.4, -0.2) is 102 Å². The maximum atomic E-state index is 14.1. The molecule has 0 spiro atoms. The number of anilines is 2. The summed E-state index contributed by atoms with van der Waals surface area (Å²) in [7, 11) is 3.68. The molecule has 12 nitrogen and oxygen atoms in total. The molecule has 0 bridgehead atoms. The van der Waals surface area contributed by atoms with Crippen molar-refractivity contribution in [3.8, 4) is 16.9 Å². The molecule has 2 aliphatic rings. The Hall–Kier alpha value is -4.50. The van der Waals surface area contributed by atoms with Crippen molar-refractivity contribution in [2.75, 3.05) is 70.2 Å². The zero-order valence-electron chi connectivity index (χ0n) is 26.0. The third-order valence-corrected chi connectivity index (χ3v) is 8.21. The zero-order valence-corrected chi connectivity index (χ0v) is 26.0. The van der Waals surface area contributed by atoms with Crippen LogP contribution in [0, 0.1) is 18.6 Å². The number of carbonyl (C=O) groups excluding carboxylic acids is 1. The van der Waals surface area contributed by atoms with E-state index in [0.717, 1.165) is 49.6 Å². The lowest BCUT2D eigenvalue weighted by atomic mass is 10.0. The zero-order chi connectivity index (χ0) is 32.2. The lowest BCUT2D eigenvalue weighted by molar-refractivity contribution is -0.154. The number of nitrogens with zero attached hydrogens (tertiary/aromatic N) is 7. The molecule has 2 amide bonds. The van der Waals surface area contributed by atoms with Gasteiger partial charge in [-0.25, -0.2) is 28.2 Å². The Kier molecular flexibility index (Phi) is 9.49. The van der Waals surface area contributed by atoms with Crippen LogP contribution >= 0.6 is 0 Å². The van der Waals surface area contributed by atoms with Crippen LogP contribution in [0.5, 0.6) is 0 Å². The van der Waals surface area contributed by atoms with E-state index in [0.29, 0.717) is 48.3 Å². The van der Waals surface area contributed by atoms with Crippen molar-refractivity contribution in [2.45, 2.75) is 19.1 Å². The number of methoxy groups -OCH3 is 1. The second-order valence-electron chi connectivity index (χ2n) is 11.4. The van der Waals surface area contributed by atoms with Gasteiger partial charge in [-0.1, -0.05) is 24.3 Å². The fourth-order valence-corrected chi connectivity index (χ4v) is 5.63. The van der Waals surface area contributed by atoms with Gasteiger partial charge in [0, 0.05) is 69.9 Å². The molecular weight excluding hydrogens is 596 g/mol. The maximum Gasteiger partial charge on any atom is 0.320 e. The van der Waals surface area contributed by atoms with Crippen LogP contribution in [0.4, 0.5) is 25.3 Å². The summed E-state index contributed by atoms with van der Waals surface area (Å²) in [6, 6.07) is 12.0. The minimum atomic E-state index is -0.991. The first-order chi connectivity index (χ1) is 22.3. The van der Waals surface area contributed by atoms with Gasteiger partial charge < -0.3 is 19.9 Å². The smallest absolute Gasteiger partial charge is 0.320 e. The van der Waals surface area contributed by atoms with E-state index in [2.05, 4.69) is 37.4 Å². The number of para-hydroxylation sites is 1. The van der Waals surface area contributed by atoms with Crippen LogP contribution in [-0.2, 0) is 9.57 Å². The molecule has 242 valence electrons. The number of piperazine rings is 1. The topological polar surface area (TPSA) is 113 Å². The molecule has 14 heteroatoms. The molecule has 2 N–H and O–H groups in total. The van der Waals surface area contributed by atoms with E-state index < -0.39 is 29.8 Å². The first-order valence-corrected chi connectivity index (χ1v) is 15.1. The molecular formula is C32H37F2N9O3. The van der Waals surface area contributed by atoms with Gasteiger partial charge in [0.1, 0.15) is 17.6 Å². The Morgan fingerprint density at radius 1 is 1.04 bits per heavy atom. The number of aromatic nitrogens is 4. The quantitative estimate of drug-likeness (QED) is 0.284. The van der Waals surface area contributed by atoms with E-state index in [4.69, 9.17) is 14.7 Å². The number of rotatable bonds is 9. The van der Waals surface area contributed by atoms with E-state index in [9.17, 15) is 13.6 Å². The Balaban J connectivity index is 1.25. The van der Waals surface area contributed by atoms with Crippen LogP contribution in [0.15, 0.2) is 60.9 Å². The fraction of sp³-hybridized carbons (Fsp3) is 0.375. The lowest BCUT2D eigenvalue weighted by Crippen LogP contribution is -2.45. The number of benzene rings is 2. The lowest BCUT2D eigenvalue weighted by Gasteiger charge is -2.32. The molecule has 2 aliphatic heterocycles. The number of hydroxylamine groups is 2. The van der Waals surface area contributed by atoms with Gasteiger partial charge in [-0.2, -0.15) is 10.2 Å². The summed E-state index contributed by atoms with van der Waals surface area (Å²) in [6.45, 7) is 6.60. The molecule has 6 rings (SSSR count). The molecule has 46 heavy (non-hydrogen) atoms. The number of halogens is 2. The fourth-order valence-electron chi connectivity index (χ4n) is 5.63. The third-order valence-electron chi connectivity index (χ3n) is 8.21. The van der Waals surface area contributed by atoms with Gasteiger partial charge in [-0.05, 0) is 43.8 Å². The number of likely N-dealkylation sites (N-methyl/N-ethyl adjacent to an activating group) is 1. The van der Waals surface area contributed by atoms with Gasteiger partial charge in [-0.15, -0.1) is 0 Å². The van der Waals surface area contributed by atoms with Crippen molar-refractivity contribution in [2.24, 2.45) is 0 Å². The number of amides is 2. The number of nitrogens with one attached hydrogen (secondary N) is 2. The highest BCUT2D eigenvalue weighted by molar-refractivity contribution is 5.91. The number of urea groups is 1. The van der Waals surface area contributed by atoms with E-state index in [1.54, 1.807) is 29.2 Å². The van der Waals surface area contributed by atoms with Crippen molar-refractivity contribution < 1.29 is 23.1 Å². The number of hydrogen-bond acceptors (Lipinski definition) is 9. The Labute approximate surface area is 265 Å². The van der Waals surface area contributed by atoms with E-state index in [1.807, 2.05) is 37.3 Å². The van der Waals surface area contributed by atoms with Crippen LogP contribution in [0.1, 0.15) is 17.2 Å². The van der Waals surface area contributed by atoms with Crippen molar-refractivity contribution in [1.29, 1.82) is 0 Å². The monoisotopic (exact) mass is 633 g/mol. The average Bonchev–Trinajstić information content (AvgIpc) is 3.62. The highest BCUT2D eigenvalue weighted by Gasteiger charge is 2.37. The normalized spacial score (nSPS) is 19.0. The molecule has 0 saturated carbocycles. The van der Waals surface area contributed by atoms with Gasteiger partial charge in [0.15, 0.2) is 11.6 Å². The van der Waals surface area contributed by atoms with Crippen LogP contribution in [0.3, 0.4) is 0 Å². The van der Waals surface area contributed by atoms with Crippen molar-refractivity contribution in [3.05, 3.63) is 83.7 Å². The van der Waals surface area contributed by atoms with E-state index >= 15 is 0 Å². The highest BCUT2D eigenvalue weighted by Crippen LogP contribution is 2.32. The van der Waals surface area contributed by atoms with Crippen molar-refractivity contribution >= 4 is 17.8 Å². The Morgan fingerprint density at radius 3 is 2.48 bits per heavy atom. The molecule has 2 saturated heterocycles. The van der Waals surface area contributed by atoms with Crippen molar-refractivity contribution in [3.63, 3.8) is 0 Å². The summed E-state index contributed by atoms with van der Waals surface area (Å²) in [6.07, 6.45) is 2.77. The molecule has 0 aliphatic carbocycles. The van der Waals surface area contributed by atoms with Gasteiger partial charge in [-0.3, -0.25) is 10.2 Å². The maximum absolute atomic E-state index is 14.1. The number of hydrogen-bond donors (Lipinski definition) is 2. The molecule has 2 aromatic heterocycles. The number of carbonyl (C=O) groups is 1. The molecule has 2 atom stereocenters. The molecule has 2 fully saturated rings. The highest BCUT2D eigenvalue weighted by atomic mass is 19.2. The second-order valence-corrected chi connectivity index (χ2v) is 11.4. The first kappa shape index (κ1) is 31.5. The Bertz CT molecular complexity index is 1650. The Morgan fingerprint density at radius 2 is 1.78 bits per heavy atom. The molecule has 0 radical (unpaired) electrons. The first-order valence-electron chi connectivity index (χ1n) is 15.1. The largest absolute Gasteiger partial charge is 0.383 e. The third kappa shape index (κ3) is 6.84. The summed E-state index contributed by atoms with van der Waals surface area (Å²) < 4.78 is 34.7.